The normalized spacial score (nSPS) is 11.8. The molecule has 1 heterocycles. The zero-order chi connectivity index (χ0) is 19.3. The lowest BCUT2D eigenvalue weighted by Crippen LogP contribution is -2.12. The van der Waals surface area contributed by atoms with Crippen LogP contribution in [0.3, 0.4) is 0 Å². The van der Waals surface area contributed by atoms with E-state index in [0.29, 0.717) is 24.3 Å². The summed E-state index contributed by atoms with van der Waals surface area (Å²) in [6.07, 6.45) is 3.51. The van der Waals surface area contributed by atoms with E-state index in [-0.39, 0.29) is 11.2 Å². The molecule has 0 aliphatic rings. The molecule has 0 amide bonds. The molecule has 0 saturated carbocycles. The Hall–Kier alpha value is -1.68. The number of carbonyl (C=O) groups excluding carboxylic acids is 1. The van der Waals surface area contributed by atoms with E-state index in [1.54, 1.807) is 0 Å². The Morgan fingerprint density at radius 2 is 1.81 bits per heavy atom. The van der Waals surface area contributed by atoms with Gasteiger partial charge in [-0.2, -0.15) is 0 Å². The van der Waals surface area contributed by atoms with Crippen LogP contribution in [0, 0.1) is 12.3 Å². The van der Waals surface area contributed by atoms with Gasteiger partial charge in [-0.1, -0.05) is 44.5 Å². The molecule has 1 aromatic heterocycles. The van der Waals surface area contributed by atoms with Gasteiger partial charge in [0.25, 0.3) is 0 Å². The summed E-state index contributed by atoms with van der Waals surface area (Å²) in [4.78, 5) is 12.4. The van der Waals surface area contributed by atoms with Crippen molar-refractivity contribution in [2.24, 2.45) is 5.41 Å². The third-order valence-electron chi connectivity index (χ3n) is 4.71. The van der Waals surface area contributed by atoms with Crippen molar-refractivity contribution in [1.82, 2.24) is 14.8 Å². The van der Waals surface area contributed by atoms with Crippen LogP contribution in [-0.2, 0) is 30.6 Å². The average Bonchev–Trinajstić information content (AvgIpc) is 2.96. The van der Waals surface area contributed by atoms with Crippen LogP contribution in [0.25, 0.3) is 0 Å². The average molecular weight is 376 g/mol. The standard InChI is InChI=1S/C21H30ClN3O/c1-6-25-19(23-24-20(25)12-13-21(3,4)5)11-10-17(26)14-16-8-7-9-18(22)15(16)2/h7-9H,6,10-14H2,1-5H3. The molecule has 2 aromatic rings. The number of Topliss-reactive ketones (excluding diaryl/α,β-unsaturated/α-hetero) is 1. The van der Waals surface area contributed by atoms with Crippen molar-refractivity contribution in [3.05, 3.63) is 46.0 Å². The SMILES string of the molecule is CCn1c(CCC(=O)Cc2cccc(Cl)c2C)nnc1CCC(C)(C)C. The number of aromatic nitrogens is 3. The molecule has 0 N–H and O–H groups in total. The monoisotopic (exact) mass is 375 g/mol. The molecule has 0 unspecified atom stereocenters. The van der Waals surface area contributed by atoms with Crippen molar-refractivity contribution in [2.45, 2.75) is 73.3 Å². The lowest BCUT2D eigenvalue weighted by molar-refractivity contribution is -0.118. The maximum Gasteiger partial charge on any atom is 0.137 e. The molecule has 2 rings (SSSR count). The lowest BCUT2D eigenvalue weighted by atomic mass is 9.90. The quantitative estimate of drug-likeness (QED) is 0.653. The van der Waals surface area contributed by atoms with Gasteiger partial charge in [0.05, 0.1) is 0 Å². The molecule has 142 valence electrons. The van der Waals surface area contributed by atoms with Gasteiger partial charge in [-0.25, -0.2) is 0 Å². The zero-order valence-electron chi connectivity index (χ0n) is 16.6. The van der Waals surface area contributed by atoms with E-state index in [2.05, 4.69) is 42.5 Å². The Balaban J connectivity index is 1.97. The van der Waals surface area contributed by atoms with E-state index in [1.807, 2.05) is 25.1 Å². The van der Waals surface area contributed by atoms with Gasteiger partial charge < -0.3 is 4.57 Å². The highest BCUT2D eigenvalue weighted by atomic mass is 35.5. The summed E-state index contributed by atoms with van der Waals surface area (Å²) in [5, 5.41) is 9.41. The number of aryl methyl sites for hydroxylation is 2. The number of hydrogen-bond acceptors (Lipinski definition) is 3. The maximum absolute atomic E-state index is 12.4. The summed E-state index contributed by atoms with van der Waals surface area (Å²) in [7, 11) is 0. The number of ketones is 1. The summed E-state index contributed by atoms with van der Waals surface area (Å²) in [6.45, 7) is 11.6. The summed E-state index contributed by atoms with van der Waals surface area (Å²) in [6, 6.07) is 5.72. The molecule has 0 bridgehead atoms. The van der Waals surface area contributed by atoms with E-state index >= 15 is 0 Å². The molecule has 1 aromatic carbocycles. The number of halogens is 1. The minimum Gasteiger partial charge on any atom is -0.315 e. The Kier molecular flexibility index (Phi) is 6.99. The fraction of sp³-hybridized carbons (Fsp3) is 0.571. The Morgan fingerprint density at radius 3 is 2.42 bits per heavy atom. The number of rotatable bonds is 8. The first kappa shape index (κ1) is 20.6. The van der Waals surface area contributed by atoms with E-state index in [4.69, 9.17) is 11.6 Å². The number of hydrogen-bond donors (Lipinski definition) is 0. The third-order valence-corrected chi connectivity index (χ3v) is 5.12. The number of nitrogens with zero attached hydrogens (tertiary/aromatic N) is 3. The number of carbonyl (C=O) groups is 1. The zero-order valence-corrected chi connectivity index (χ0v) is 17.4. The van der Waals surface area contributed by atoms with Crippen molar-refractivity contribution in [3.63, 3.8) is 0 Å². The Labute approximate surface area is 162 Å². The summed E-state index contributed by atoms with van der Waals surface area (Å²) in [5.41, 5.74) is 2.27. The van der Waals surface area contributed by atoms with Crippen LogP contribution in [-0.4, -0.2) is 20.5 Å². The molecule has 0 radical (unpaired) electrons. The Bertz CT molecular complexity index is 759. The molecule has 0 aliphatic carbocycles. The van der Waals surface area contributed by atoms with Crippen LogP contribution in [0.15, 0.2) is 18.2 Å². The van der Waals surface area contributed by atoms with Crippen molar-refractivity contribution in [2.75, 3.05) is 0 Å². The molecule has 0 fully saturated rings. The lowest BCUT2D eigenvalue weighted by Gasteiger charge is -2.17. The largest absolute Gasteiger partial charge is 0.315 e. The summed E-state index contributed by atoms with van der Waals surface area (Å²) in [5.74, 6) is 2.14. The fourth-order valence-corrected chi connectivity index (χ4v) is 3.18. The van der Waals surface area contributed by atoms with E-state index in [1.165, 1.54) is 0 Å². The molecule has 5 heteroatoms. The van der Waals surface area contributed by atoms with Gasteiger partial charge in [0.1, 0.15) is 17.4 Å². The van der Waals surface area contributed by atoms with Gasteiger partial charge >= 0.3 is 0 Å². The first-order valence-corrected chi connectivity index (χ1v) is 9.75. The van der Waals surface area contributed by atoms with Gasteiger partial charge in [0.15, 0.2) is 0 Å². The predicted molar refractivity (Wildman–Crippen MR) is 107 cm³/mol. The predicted octanol–water partition coefficient (Wildman–Crippen LogP) is 4.98. The highest BCUT2D eigenvalue weighted by molar-refractivity contribution is 6.31. The number of benzene rings is 1. The molecule has 0 saturated heterocycles. The third kappa shape index (κ3) is 5.66. The van der Waals surface area contributed by atoms with Crippen molar-refractivity contribution in [3.8, 4) is 0 Å². The summed E-state index contributed by atoms with van der Waals surface area (Å²) >= 11 is 6.14. The van der Waals surface area contributed by atoms with Gasteiger partial charge in [0, 0.05) is 37.3 Å². The second-order valence-electron chi connectivity index (χ2n) is 8.08. The molecule has 0 aliphatic heterocycles. The smallest absolute Gasteiger partial charge is 0.137 e. The second-order valence-corrected chi connectivity index (χ2v) is 8.48. The molecular weight excluding hydrogens is 346 g/mol. The minimum atomic E-state index is 0.206. The van der Waals surface area contributed by atoms with E-state index in [0.717, 1.165) is 42.2 Å². The summed E-state index contributed by atoms with van der Waals surface area (Å²) < 4.78 is 2.16. The topological polar surface area (TPSA) is 47.8 Å². The van der Waals surface area contributed by atoms with Crippen molar-refractivity contribution in [1.29, 1.82) is 0 Å². The van der Waals surface area contributed by atoms with Crippen LogP contribution in [0.5, 0.6) is 0 Å². The second kappa shape index (κ2) is 8.81. The molecule has 4 nitrogen and oxygen atoms in total. The van der Waals surface area contributed by atoms with Crippen LogP contribution < -0.4 is 0 Å². The molecule has 26 heavy (non-hydrogen) atoms. The molecule has 0 spiro atoms. The van der Waals surface area contributed by atoms with Crippen LogP contribution in [0.4, 0.5) is 0 Å². The Morgan fingerprint density at radius 1 is 1.15 bits per heavy atom. The van der Waals surface area contributed by atoms with Crippen molar-refractivity contribution >= 4 is 17.4 Å². The van der Waals surface area contributed by atoms with Gasteiger partial charge in [0.2, 0.25) is 0 Å². The minimum absolute atomic E-state index is 0.206. The highest BCUT2D eigenvalue weighted by Crippen LogP contribution is 2.22. The highest BCUT2D eigenvalue weighted by Gasteiger charge is 2.16. The maximum atomic E-state index is 12.4. The molecular formula is C21H30ClN3O. The van der Waals surface area contributed by atoms with Crippen LogP contribution in [0.2, 0.25) is 5.02 Å². The van der Waals surface area contributed by atoms with Gasteiger partial charge in [-0.15, -0.1) is 10.2 Å². The van der Waals surface area contributed by atoms with E-state index in [9.17, 15) is 4.79 Å². The van der Waals surface area contributed by atoms with Crippen molar-refractivity contribution < 1.29 is 4.79 Å². The van der Waals surface area contributed by atoms with Crippen LogP contribution in [0.1, 0.15) is 63.3 Å². The van der Waals surface area contributed by atoms with Gasteiger partial charge in [-0.05, 0) is 42.9 Å². The van der Waals surface area contributed by atoms with Gasteiger partial charge in [-0.3, -0.25) is 4.79 Å². The van der Waals surface area contributed by atoms with Crippen LogP contribution >= 0.6 is 11.6 Å². The first-order valence-electron chi connectivity index (χ1n) is 9.38. The first-order chi connectivity index (χ1) is 12.2. The fourth-order valence-electron chi connectivity index (χ4n) is 2.99. The molecule has 0 atom stereocenters. The van der Waals surface area contributed by atoms with E-state index < -0.39 is 0 Å².